The minimum absolute atomic E-state index is 0.0274. The average Bonchev–Trinajstić information content (AvgIpc) is 2.98. The highest BCUT2D eigenvalue weighted by atomic mass is 32.2. The predicted molar refractivity (Wildman–Crippen MR) is 86.6 cm³/mol. The molecule has 24 heavy (non-hydrogen) atoms. The number of benzene rings is 1. The number of methoxy groups -OCH3 is 3. The van der Waals surface area contributed by atoms with Gasteiger partial charge in [0.25, 0.3) is 5.22 Å². The van der Waals surface area contributed by atoms with Crippen LogP contribution in [0.5, 0.6) is 17.2 Å². The number of ether oxygens (including phenoxy) is 3. The number of rotatable bonds is 7. The predicted octanol–water partition coefficient (Wildman–Crippen LogP) is 2.62. The third-order valence-corrected chi connectivity index (χ3v) is 3.80. The molecular weight excluding hydrogens is 336 g/mol. The summed E-state index contributed by atoms with van der Waals surface area (Å²) in [5, 5.41) is 17.0. The largest absolute Gasteiger partial charge is 0.496 e. The van der Waals surface area contributed by atoms with E-state index < -0.39 is 5.97 Å². The first-order chi connectivity index (χ1) is 11.5. The number of carboxylic acids is 1. The number of aryl methyl sites for hydroxylation is 1. The molecule has 1 aromatic heterocycles. The summed E-state index contributed by atoms with van der Waals surface area (Å²) in [6, 6.07) is 3.27. The lowest BCUT2D eigenvalue weighted by Gasteiger charge is -2.13. The van der Waals surface area contributed by atoms with E-state index in [4.69, 9.17) is 18.6 Å². The lowest BCUT2D eigenvalue weighted by molar-refractivity contribution is -0.131. The number of hydrogen-bond donors (Lipinski definition) is 1. The topological polar surface area (TPSA) is 104 Å². The third kappa shape index (κ3) is 3.99. The molecule has 0 amide bonds. The molecule has 0 saturated heterocycles. The van der Waals surface area contributed by atoms with Gasteiger partial charge in [-0.1, -0.05) is 0 Å². The van der Waals surface area contributed by atoms with Crippen molar-refractivity contribution in [1.29, 1.82) is 0 Å². The summed E-state index contributed by atoms with van der Waals surface area (Å²) in [5.74, 6) is 0.551. The smallest absolute Gasteiger partial charge is 0.342 e. The Labute approximate surface area is 142 Å². The molecule has 0 saturated carbocycles. The number of hydrogen-bond acceptors (Lipinski definition) is 8. The zero-order valence-electron chi connectivity index (χ0n) is 13.5. The van der Waals surface area contributed by atoms with Crippen LogP contribution in [-0.4, -0.2) is 42.6 Å². The minimum atomic E-state index is -1.14. The standard InChI is InChI=1S/C15H16N2O6S/c1-8-16-17-15(23-8)24-13(14(18)19)7-10-11(21-3)5-9(20-2)6-12(10)22-4/h5-7H,1-4H3,(H,18,19)/b13-7-. The molecule has 128 valence electrons. The van der Waals surface area contributed by atoms with E-state index in [-0.39, 0.29) is 10.1 Å². The van der Waals surface area contributed by atoms with Gasteiger partial charge in [0.1, 0.15) is 22.2 Å². The van der Waals surface area contributed by atoms with Crippen LogP contribution in [0.1, 0.15) is 11.5 Å². The van der Waals surface area contributed by atoms with Gasteiger partial charge in [-0.15, -0.1) is 10.2 Å². The SMILES string of the molecule is COc1cc(OC)c(/C=C(\Sc2nnc(C)o2)C(=O)O)c(OC)c1. The molecule has 0 radical (unpaired) electrons. The Bertz CT molecular complexity index is 746. The highest BCUT2D eigenvalue weighted by Gasteiger charge is 2.18. The van der Waals surface area contributed by atoms with Crippen molar-refractivity contribution in [2.24, 2.45) is 0 Å². The van der Waals surface area contributed by atoms with Crippen LogP contribution in [0, 0.1) is 6.92 Å². The molecule has 0 aliphatic carbocycles. The van der Waals surface area contributed by atoms with Gasteiger partial charge >= 0.3 is 5.97 Å². The first-order valence-corrected chi connectivity index (χ1v) is 7.53. The highest BCUT2D eigenvalue weighted by molar-refractivity contribution is 8.03. The minimum Gasteiger partial charge on any atom is -0.496 e. The first kappa shape index (κ1) is 17.7. The quantitative estimate of drug-likeness (QED) is 0.594. The molecule has 0 atom stereocenters. The summed E-state index contributed by atoms with van der Waals surface area (Å²) < 4.78 is 21.0. The van der Waals surface area contributed by atoms with Crippen molar-refractivity contribution in [2.75, 3.05) is 21.3 Å². The maximum absolute atomic E-state index is 11.6. The molecule has 2 aromatic rings. The van der Waals surface area contributed by atoms with E-state index >= 15 is 0 Å². The van der Waals surface area contributed by atoms with E-state index in [2.05, 4.69) is 10.2 Å². The van der Waals surface area contributed by atoms with E-state index in [1.807, 2.05) is 0 Å². The summed E-state index contributed by atoms with van der Waals surface area (Å²) in [6.07, 6.45) is 1.42. The molecule has 0 bridgehead atoms. The number of thioether (sulfide) groups is 1. The van der Waals surface area contributed by atoms with Gasteiger partial charge in [0.05, 0.1) is 26.9 Å². The lowest BCUT2D eigenvalue weighted by Crippen LogP contribution is -1.99. The zero-order chi connectivity index (χ0) is 17.7. The van der Waals surface area contributed by atoms with Crippen LogP contribution in [0.3, 0.4) is 0 Å². The molecule has 1 heterocycles. The summed E-state index contributed by atoms with van der Waals surface area (Å²) in [6.45, 7) is 1.62. The molecular formula is C15H16N2O6S. The summed E-state index contributed by atoms with van der Waals surface area (Å²) in [4.78, 5) is 11.5. The van der Waals surface area contributed by atoms with Gasteiger partial charge in [-0.2, -0.15) is 0 Å². The Hall–Kier alpha value is -2.68. The van der Waals surface area contributed by atoms with Crippen LogP contribution < -0.4 is 14.2 Å². The third-order valence-electron chi connectivity index (χ3n) is 2.94. The van der Waals surface area contributed by atoms with E-state index in [0.717, 1.165) is 11.8 Å². The number of nitrogens with zero attached hydrogens (tertiary/aromatic N) is 2. The molecule has 0 fully saturated rings. The normalized spacial score (nSPS) is 11.2. The van der Waals surface area contributed by atoms with Gasteiger partial charge in [0.15, 0.2) is 0 Å². The van der Waals surface area contributed by atoms with Crippen LogP contribution >= 0.6 is 11.8 Å². The van der Waals surface area contributed by atoms with Crippen LogP contribution in [0.2, 0.25) is 0 Å². The molecule has 0 aliphatic rings. The maximum Gasteiger partial charge on any atom is 0.342 e. The molecule has 0 spiro atoms. The number of aliphatic carboxylic acids is 1. The number of carboxylic acid groups (broad SMARTS) is 1. The van der Waals surface area contributed by atoms with Crippen molar-refractivity contribution >= 4 is 23.8 Å². The van der Waals surface area contributed by atoms with Gasteiger partial charge in [-0.05, 0) is 17.8 Å². The van der Waals surface area contributed by atoms with Crippen molar-refractivity contribution in [3.63, 3.8) is 0 Å². The van der Waals surface area contributed by atoms with E-state index in [9.17, 15) is 9.90 Å². The maximum atomic E-state index is 11.6. The fourth-order valence-corrected chi connectivity index (χ4v) is 2.55. The van der Waals surface area contributed by atoms with Gasteiger partial charge in [-0.25, -0.2) is 4.79 Å². The molecule has 8 nitrogen and oxygen atoms in total. The molecule has 0 unspecified atom stereocenters. The lowest BCUT2D eigenvalue weighted by atomic mass is 10.1. The fourth-order valence-electron chi connectivity index (χ4n) is 1.85. The highest BCUT2D eigenvalue weighted by Crippen LogP contribution is 2.38. The van der Waals surface area contributed by atoms with Crippen LogP contribution in [0.15, 0.2) is 26.7 Å². The first-order valence-electron chi connectivity index (χ1n) is 6.71. The second-order valence-corrected chi connectivity index (χ2v) is 5.44. The molecule has 1 aromatic carbocycles. The Morgan fingerprint density at radius 3 is 2.21 bits per heavy atom. The van der Waals surface area contributed by atoms with Gasteiger partial charge < -0.3 is 23.7 Å². The Balaban J connectivity index is 2.50. The van der Waals surface area contributed by atoms with Crippen LogP contribution in [-0.2, 0) is 4.79 Å². The fraction of sp³-hybridized carbons (Fsp3) is 0.267. The summed E-state index contributed by atoms with van der Waals surface area (Å²) >= 11 is 0.840. The Morgan fingerprint density at radius 2 is 1.79 bits per heavy atom. The van der Waals surface area contributed by atoms with Gasteiger partial charge in [0.2, 0.25) is 5.89 Å². The molecule has 9 heteroatoms. The second-order valence-electron chi connectivity index (χ2n) is 4.45. The number of aromatic nitrogens is 2. The van der Waals surface area contributed by atoms with Crippen molar-refractivity contribution in [2.45, 2.75) is 12.1 Å². The molecule has 2 rings (SSSR count). The van der Waals surface area contributed by atoms with Crippen LogP contribution in [0.4, 0.5) is 0 Å². The second kappa shape index (κ2) is 7.73. The van der Waals surface area contributed by atoms with Crippen molar-refractivity contribution in [3.05, 3.63) is 28.5 Å². The van der Waals surface area contributed by atoms with Crippen LogP contribution in [0.25, 0.3) is 6.08 Å². The Kier molecular flexibility index (Phi) is 5.69. The average molecular weight is 352 g/mol. The van der Waals surface area contributed by atoms with E-state index in [1.165, 1.54) is 27.4 Å². The van der Waals surface area contributed by atoms with Gasteiger partial charge in [0, 0.05) is 19.1 Å². The molecule has 0 aliphatic heterocycles. The Morgan fingerprint density at radius 1 is 1.17 bits per heavy atom. The summed E-state index contributed by atoms with van der Waals surface area (Å²) in [5.41, 5.74) is 0.460. The molecule has 1 N–H and O–H groups in total. The van der Waals surface area contributed by atoms with Gasteiger partial charge in [-0.3, -0.25) is 0 Å². The van der Waals surface area contributed by atoms with Crippen molar-refractivity contribution in [1.82, 2.24) is 10.2 Å². The summed E-state index contributed by atoms with van der Waals surface area (Å²) in [7, 11) is 4.46. The van der Waals surface area contributed by atoms with E-state index in [0.29, 0.717) is 28.7 Å². The zero-order valence-corrected chi connectivity index (χ0v) is 14.3. The monoisotopic (exact) mass is 352 g/mol. The number of carbonyl (C=O) groups is 1. The van der Waals surface area contributed by atoms with E-state index in [1.54, 1.807) is 19.1 Å². The van der Waals surface area contributed by atoms with Crippen molar-refractivity contribution in [3.8, 4) is 17.2 Å². The van der Waals surface area contributed by atoms with Crippen molar-refractivity contribution < 1.29 is 28.5 Å².